The van der Waals surface area contributed by atoms with Crippen LogP contribution in [0.3, 0.4) is 0 Å². The summed E-state index contributed by atoms with van der Waals surface area (Å²) >= 11 is 0. The van der Waals surface area contributed by atoms with E-state index in [-0.39, 0.29) is 0 Å². The molecule has 5 atom stereocenters. The van der Waals surface area contributed by atoms with Gasteiger partial charge in [-0.2, -0.15) is 0 Å². The maximum atomic E-state index is 10.4. The number of benzene rings is 2. The average molecular weight is 399 g/mol. The normalized spacial score (nSPS) is 29.2. The van der Waals surface area contributed by atoms with Gasteiger partial charge in [-0.15, -0.1) is 0 Å². The average Bonchev–Trinajstić information content (AvgIpc) is 2.74. The number of ether oxygens (including phenoxy) is 1. The molecule has 2 heterocycles. The van der Waals surface area contributed by atoms with Crippen LogP contribution in [0.25, 0.3) is 0 Å². The number of hydrogen-bond acceptors (Lipinski definition) is 6. The molecular formula is C23H29NO5. The molecule has 0 spiro atoms. The number of aliphatic hydroxyl groups excluding tert-OH is 4. The Morgan fingerprint density at radius 3 is 2.66 bits per heavy atom. The van der Waals surface area contributed by atoms with Crippen molar-refractivity contribution in [2.75, 3.05) is 18.5 Å². The van der Waals surface area contributed by atoms with Crippen molar-refractivity contribution in [2.24, 2.45) is 0 Å². The molecule has 1 fully saturated rings. The fraction of sp³-hybridized carbons (Fsp3) is 0.478. The van der Waals surface area contributed by atoms with Crippen LogP contribution in [0, 0.1) is 6.92 Å². The Morgan fingerprint density at radius 1 is 1.03 bits per heavy atom. The van der Waals surface area contributed by atoms with Crippen molar-refractivity contribution in [3.63, 3.8) is 0 Å². The van der Waals surface area contributed by atoms with Crippen LogP contribution in [-0.2, 0) is 17.6 Å². The lowest BCUT2D eigenvalue weighted by Gasteiger charge is -2.40. The summed E-state index contributed by atoms with van der Waals surface area (Å²) in [6, 6.07) is 12.4. The third-order valence-corrected chi connectivity index (χ3v) is 6.10. The van der Waals surface area contributed by atoms with Crippen molar-refractivity contribution in [3.05, 3.63) is 64.2 Å². The largest absolute Gasteiger partial charge is 0.394 e. The van der Waals surface area contributed by atoms with Crippen LogP contribution in [0.1, 0.15) is 40.3 Å². The quantitative estimate of drug-likeness (QED) is 0.534. The highest BCUT2D eigenvalue weighted by Crippen LogP contribution is 2.34. The molecule has 6 heteroatoms. The first-order chi connectivity index (χ1) is 14.0. The van der Waals surface area contributed by atoms with Gasteiger partial charge in [-0.3, -0.25) is 0 Å². The molecule has 5 N–H and O–H groups in total. The Labute approximate surface area is 170 Å². The van der Waals surface area contributed by atoms with Gasteiger partial charge in [0.2, 0.25) is 0 Å². The molecule has 0 bridgehead atoms. The van der Waals surface area contributed by atoms with Gasteiger partial charge in [0, 0.05) is 12.2 Å². The Hall–Kier alpha value is -1.96. The highest BCUT2D eigenvalue weighted by molar-refractivity contribution is 5.55. The van der Waals surface area contributed by atoms with E-state index >= 15 is 0 Å². The fourth-order valence-corrected chi connectivity index (χ4v) is 4.27. The van der Waals surface area contributed by atoms with E-state index in [2.05, 4.69) is 23.5 Å². The highest BCUT2D eigenvalue weighted by Gasteiger charge is 2.43. The zero-order valence-electron chi connectivity index (χ0n) is 16.6. The van der Waals surface area contributed by atoms with Crippen molar-refractivity contribution in [1.82, 2.24) is 0 Å². The SMILES string of the molecule is Cc1ccc(C2OC(CO)C(O)C(O)C2O)cc1Cc1ccc2c(c1)NCCC2. The van der Waals surface area contributed by atoms with Gasteiger partial charge in [-0.05, 0) is 60.1 Å². The summed E-state index contributed by atoms with van der Waals surface area (Å²) in [5, 5.41) is 43.4. The zero-order chi connectivity index (χ0) is 20.5. The Kier molecular flexibility index (Phi) is 5.90. The molecule has 2 aromatic rings. The van der Waals surface area contributed by atoms with Crippen molar-refractivity contribution in [2.45, 2.75) is 56.7 Å². The van der Waals surface area contributed by atoms with Gasteiger partial charge < -0.3 is 30.5 Å². The van der Waals surface area contributed by atoms with Crippen molar-refractivity contribution in [1.29, 1.82) is 0 Å². The summed E-state index contributed by atoms with van der Waals surface area (Å²) in [6.07, 6.45) is -2.70. The lowest BCUT2D eigenvalue weighted by atomic mass is 9.89. The van der Waals surface area contributed by atoms with Gasteiger partial charge >= 0.3 is 0 Å². The van der Waals surface area contributed by atoms with E-state index in [4.69, 9.17) is 4.74 Å². The van der Waals surface area contributed by atoms with Crippen LogP contribution in [0.2, 0.25) is 0 Å². The van der Waals surface area contributed by atoms with Gasteiger partial charge in [0.15, 0.2) is 0 Å². The molecule has 2 aliphatic rings. The van der Waals surface area contributed by atoms with Crippen LogP contribution < -0.4 is 5.32 Å². The molecule has 2 aliphatic heterocycles. The number of aryl methyl sites for hydroxylation is 2. The van der Waals surface area contributed by atoms with E-state index in [0.29, 0.717) is 0 Å². The predicted molar refractivity (Wildman–Crippen MR) is 110 cm³/mol. The first kappa shape index (κ1) is 20.3. The van der Waals surface area contributed by atoms with Gasteiger partial charge in [-0.1, -0.05) is 30.3 Å². The molecule has 0 radical (unpaired) electrons. The predicted octanol–water partition coefficient (Wildman–Crippen LogP) is 1.46. The summed E-state index contributed by atoms with van der Waals surface area (Å²) in [4.78, 5) is 0. The molecule has 2 aromatic carbocycles. The minimum absolute atomic E-state index is 0.428. The standard InChI is InChI=1S/C23H29NO5/c1-13-4-6-16(23-22(28)21(27)20(26)19(12-25)29-23)11-17(13)9-14-5-7-15-3-2-8-24-18(15)10-14/h4-7,10-11,19-28H,2-3,8-9,12H2,1H3. The second-order valence-corrected chi connectivity index (χ2v) is 8.13. The smallest absolute Gasteiger partial charge is 0.113 e. The van der Waals surface area contributed by atoms with Gasteiger partial charge in [0.25, 0.3) is 0 Å². The molecule has 4 rings (SSSR count). The Balaban J connectivity index is 1.59. The topological polar surface area (TPSA) is 102 Å². The van der Waals surface area contributed by atoms with Crippen LogP contribution in [0.5, 0.6) is 0 Å². The molecule has 1 saturated heterocycles. The van der Waals surface area contributed by atoms with Crippen LogP contribution in [0.4, 0.5) is 5.69 Å². The van der Waals surface area contributed by atoms with Crippen molar-refractivity contribution in [3.8, 4) is 0 Å². The number of rotatable bonds is 4. The summed E-state index contributed by atoms with van der Waals surface area (Å²) in [5.41, 5.74) is 6.72. The number of anilines is 1. The maximum Gasteiger partial charge on any atom is 0.113 e. The molecular weight excluding hydrogens is 370 g/mol. The van der Waals surface area contributed by atoms with Crippen LogP contribution >= 0.6 is 0 Å². The van der Waals surface area contributed by atoms with E-state index in [9.17, 15) is 20.4 Å². The summed E-state index contributed by atoms with van der Waals surface area (Å²) in [7, 11) is 0. The molecule has 29 heavy (non-hydrogen) atoms. The van der Waals surface area contributed by atoms with E-state index in [1.165, 1.54) is 16.8 Å². The lowest BCUT2D eigenvalue weighted by Crippen LogP contribution is -2.55. The monoisotopic (exact) mass is 399 g/mol. The molecule has 0 saturated carbocycles. The molecule has 5 unspecified atom stereocenters. The third-order valence-electron chi connectivity index (χ3n) is 6.10. The number of nitrogens with one attached hydrogen (secondary N) is 1. The molecule has 156 valence electrons. The summed E-state index contributed by atoms with van der Waals surface area (Å²) in [6.45, 7) is 2.62. The maximum absolute atomic E-state index is 10.4. The van der Waals surface area contributed by atoms with E-state index in [1.54, 1.807) is 0 Å². The second kappa shape index (κ2) is 8.42. The minimum Gasteiger partial charge on any atom is -0.394 e. The molecule has 0 aliphatic carbocycles. The van der Waals surface area contributed by atoms with E-state index in [0.717, 1.165) is 42.5 Å². The Morgan fingerprint density at radius 2 is 1.86 bits per heavy atom. The minimum atomic E-state index is -1.37. The van der Waals surface area contributed by atoms with Crippen LogP contribution in [0.15, 0.2) is 36.4 Å². The second-order valence-electron chi connectivity index (χ2n) is 8.13. The van der Waals surface area contributed by atoms with Crippen molar-refractivity contribution < 1.29 is 25.2 Å². The third kappa shape index (κ3) is 4.04. The van der Waals surface area contributed by atoms with Crippen molar-refractivity contribution >= 4 is 5.69 Å². The van der Waals surface area contributed by atoms with Gasteiger partial charge in [-0.25, -0.2) is 0 Å². The highest BCUT2D eigenvalue weighted by atomic mass is 16.5. The van der Waals surface area contributed by atoms with Gasteiger partial charge in [0.1, 0.15) is 30.5 Å². The molecule has 0 aromatic heterocycles. The van der Waals surface area contributed by atoms with Crippen LogP contribution in [-0.4, -0.2) is 58.0 Å². The number of aliphatic hydroxyl groups is 4. The zero-order valence-corrected chi connectivity index (χ0v) is 16.6. The number of hydrogen-bond donors (Lipinski definition) is 5. The summed E-state index contributed by atoms with van der Waals surface area (Å²) < 4.78 is 5.72. The van der Waals surface area contributed by atoms with Gasteiger partial charge in [0.05, 0.1) is 6.61 Å². The van der Waals surface area contributed by atoms with E-state index < -0.39 is 37.1 Å². The number of fused-ring (bicyclic) bond motifs is 1. The first-order valence-electron chi connectivity index (χ1n) is 10.2. The lowest BCUT2D eigenvalue weighted by molar-refractivity contribution is -0.231. The molecule has 0 amide bonds. The molecule has 6 nitrogen and oxygen atoms in total. The summed E-state index contributed by atoms with van der Waals surface area (Å²) in [5.74, 6) is 0. The van der Waals surface area contributed by atoms with E-state index in [1.807, 2.05) is 25.1 Å². The fourth-order valence-electron chi connectivity index (χ4n) is 4.27. The first-order valence-corrected chi connectivity index (χ1v) is 10.2. The Bertz CT molecular complexity index is 868.